The number of carbonyl (C=O) groups excluding carboxylic acids is 1. The van der Waals surface area contributed by atoms with Crippen LogP contribution in [0, 0.1) is 0 Å². The first-order chi connectivity index (χ1) is 18.2. The second kappa shape index (κ2) is 8.63. The second-order valence-corrected chi connectivity index (χ2v) is 8.14. The summed E-state index contributed by atoms with van der Waals surface area (Å²) in [5, 5.41) is 15.4. The summed E-state index contributed by atoms with van der Waals surface area (Å²) in [5.41, 5.74) is 1.46. The summed E-state index contributed by atoms with van der Waals surface area (Å²) in [7, 11) is 0. The Hall–Kier alpha value is -4.83. The number of halogens is 5. The normalized spacial score (nSPS) is 15.8. The molecule has 0 saturated carbocycles. The number of imidazole rings is 1. The molecule has 1 N–H and O–H groups in total. The van der Waals surface area contributed by atoms with Crippen LogP contribution in [0.15, 0.2) is 47.5 Å². The Labute approximate surface area is 207 Å². The Bertz CT molecular complexity index is 1640. The van der Waals surface area contributed by atoms with Crippen LogP contribution in [-0.4, -0.2) is 63.3 Å². The van der Waals surface area contributed by atoms with E-state index in [1.54, 1.807) is 0 Å². The molecular formula is C21H14F5N9O3. The third-order valence-corrected chi connectivity index (χ3v) is 5.83. The van der Waals surface area contributed by atoms with Gasteiger partial charge in [-0.2, -0.15) is 19.0 Å². The minimum absolute atomic E-state index is 0.0194. The number of rotatable bonds is 5. The number of ether oxygens (including phenoxy) is 1. The van der Waals surface area contributed by atoms with Crippen LogP contribution in [0.25, 0.3) is 17.0 Å². The molecule has 1 atom stereocenters. The van der Waals surface area contributed by atoms with Crippen LogP contribution in [0.3, 0.4) is 0 Å². The third-order valence-electron chi connectivity index (χ3n) is 5.83. The average Bonchev–Trinajstić information content (AvgIpc) is 3.66. The zero-order chi connectivity index (χ0) is 26.6. The molecule has 38 heavy (non-hydrogen) atoms. The monoisotopic (exact) mass is 535 g/mol. The molecule has 0 unspecified atom stereocenters. The van der Waals surface area contributed by atoms with E-state index < -0.39 is 36.5 Å². The minimum atomic E-state index is -4.92. The maximum atomic E-state index is 13.5. The van der Waals surface area contributed by atoms with Crippen molar-refractivity contribution in [1.82, 2.24) is 44.5 Å². The van der Waals surface area contributed by atoms with Crippen molar-refractivity contribution in [2.45, 2.75) is 25.4 Å². The second-order valence-electron chi connectivity index (χ2n) is 8.14. The van der Waals surface area contributed by atoms with Gasteiger partial charge < -0.3 is 19.0 Å². The molecule has 0 aliphatic carbocycles. The molecule has 17 heteroatoms. The van der Waals surface area contributed by atoms with Gasteiger partial charge in [0.05, 0.1) is 29.5 Å². The topological polar surface area (TPSA) is 132 Å². The number of alkyl halides is 5. The van der Waals surface area contributed by atoms with Crippen LogP contribution in [0.2, 0.25) is 0 Å². The van der Waals surface area contributed by atoms with Crippen LogP contribution in [0.5, 0.6) is 5.75 Å². The lowest BCUT2D eigenvalue weighted by molar-refractivity contribution is -0.274. The van der Waals surface area contributed by atoms with E-state index in [1.165, 1.54) is 34.1 Å². The molecule has 1 aliphatic rings. The number of aromatic nitrogens is 8. The van der Waals surface area contributed by atoms with Crippen LogP contribution >= 0.6 is 0 Å². The van der Waals surface area contributed by atoms with Crippen molar-refractivity contribution in [3.05, 3.63) is 66.1 Å². The Morgan fingerprint density at radius 3 is 2.87 bits per heavy atom. The summed E-state index contributed by atoms with van der Waals surface area (Å²) < 4.78 is 75.6. The first-order valence-corrected chi connectivity index (χ1v) is 10.9. The van der Waals surface area contributed by atoms with Crippen molar-refractivity contribution < 1.29 is 35.9 Å². The molecule has 0 bridgehead atoms. The molecule has 1 amide bonds. The lowest BCUT2D eigenvalue weighted by Gasteiger charge is -2.32. The molecule has 5 aromatic heterocycles. The molecule has 0 aromatic carbocycles. The fourth-order valence-electron chi connectivity index (χ4n) is 4.25. The lowest BCUT2D eigenvalue weighted by atomic mass is 9.99. The Kier molecular flexibility index (Phi) is 5.35. The number of nitrogens with one attached hydrogen (secondary N) is 1. The predicted octanol–water partition coefficient (Wildman–Crippen LogP) is 3.39. The van der Waals surface area contributed by atoms with Crippen LogP contribution < -0.4 is 4.74 Å². The van der Waals surface area contributed by atoms with Gasteiger partial charge in [-0.25, -0.2) is 14.2 Å². The minimum Gasteiger partial charge on any atom is -0.412 e. The molecule has 0 radical (unpaired) electrons. The van der Waals surface area contributed by atoms with Crippen molar-refractivity contribution in [3.63, 3.8) is 0 Å². The number of hydrogen-bond donors (Lipinski definition) is 1. The molecule has 6 heterocycles. The molecule has 1 aliphatic heterocycles. The molecule has 6 rings (SSSR count). The van der Waals surface area contributed by atoms with E-state index in [9.17, 15) is 26.7 Å². The van der Waals surface area contributed by atoms with E-state index in [0.717, 1.165) is 18.5 Å². The summed E-state index contributed by atoms with van der Waals surface area (Å²) in [6.07, 6.45) is 0.414. The van der Waals surface area contributed by atoms with Gasteiger partial charge in [-0.15, -0.1) is 23.4 Å². The number of nitrogens with zero attached hydrogens (tertiary/aromatic N) is 8. The van der Waals surface area contributed by atoms with Crippen molar-refractivity contribution >= 4 is 11.4 Å². The van der Waals surface area contributed by atoms with Gasteiger partial charge in [0.15, 0.2) is 5.75 Å². The van der Waals surface area contributed by atoms with Gasteiger partial charge in [0, 0.05) is 31.1 Å². The van der Waals surface area contributed by atoms with Gasteiger partial charge in [0.25, 0.3) is 5.89 Å². The number of carbonyl (C=O) groups is 1. The zero-order valence-corrected chi connectivity index (χ0v) is 18.8. The fourth-order valence-corrected chi connectivity index (χ4v) is 4.25. The van der Waals surface area contributed by atoms with Crippen molar-refractivity contribution in [2.24, 2.45) is 0 Å². The van der Waals surface area contributed by atoms with E-state index in [-0.39, 0.29) is 29.2 Å². The number of pyridine rings is 1. The number of hydrogen-bond acceptors (Lipinski definition) is 8. The SMILES string of the molecule is O=C(c1nnc(-c2cnn(C(F)F)c2)o1)N1CCc2[nH]cnc2[C@@H]1c1cc2c(OC(F)(F)F)cccn2n1. The van der Waals surface area contributed by atoms with Gasteiger partial charge in [-0.3, -0.25) is 4.79 Å². The molecule has 196 valence electrons. The summed E-state index contributed by atoms with van der Waals surface area (Å²) in [6, 6.07) is 2.93. The molecule has 0 saturated heterocycles. The van der Waals surface area contributed by atoms with E-state index in [1.807, 2.05) is 0 Å². The van der Waals surface area contributed by atoms with Crippen LogP contribution in [-0.2, 0) is 6.42 Å². The number of aromatic amines is 1. The number of H-pyrrole nitrogens is 1. The van der Waals surface area contributed by atoms with E-state index in [4.69, 9.17) is 4.42 Å². The van der Waals surface area contributed by atoms with E-state index in [2.05, 4.69) is 35.1 Å². The van der Waals surface area contributed by atoms with Gasteiger partial charge in [0.2, 0.25) is 0 Å². The van der Waals surface area contributed by atoms with E-state index in [0.29, 0.717) is 22.5 Å². The summed E-state index contributed by atoms with van der Waals surface area (Å²) in [4.78, 5) is 22.1. The van der Waals surface area contributed by atoms with Crippen LogP contribution in [0.1, 0.15) is 40.4 Å². The Morgan fingerprint density at radius 2 is 2.11 bits per heavy atom. The highest BCUT2D eigenvalue weighted by molar-refractivity contribution is 5.90. The number of fused-ring (bicyclic) bond motifs is 2. The highest BCUT2D eigenvalue weighted by atomic mass is 19.4. The molecule has 0 spiro atoms. The van der Waals surface area contributed by atoms with Gasteiger partial charge in [0.1, 0.15) is 11.6 Å². The third kappa shape index (κ3) is 4.10. The maximum absolute atomic E-state index is 13.5. The fraction of sp³-hybridized carbons (Fsp3) is 0.238. The average molecular weight is 535 g/mol. The van der Waals surface area contributed by atoms with Gasteiger partial charge in [-0.1, -0.05) is 0 Å². The molecule has 0 fully saturated rings. The number of amides is 1. The smallest absolute Gasteiger partial charge is 0.412 e. The maximum Gasteiger partial charge on any atom is 0.573 e. The predicted molar refractivity (Wildman–Crippen MR) is 114 cm³/mol. The van der Waals surface area contributed by atoms with E-state index >= 15 is 0 Å². The van der Waals surface area contributed by atoms with Crippen molar-refractivity contribution in [2.75, 3.05) is 6.54 Å². The zero-order valence-electron chi connectivity index (χ0n) is 18.8. The highest BCUT2D eigenvalue weighted by Gasteiger charge is 2.39. The first kappa shape index (κ1) is 23.6. The largest absolute Gasteiger partial charge is 0.573 e. The van der Waals surface area contributed by atoms with Gasteiger partial charge in [-0.05, 0) is 18.2 Å². The molecular weight excluding hydrogens is 521 g/mol. The van der Waals surface area contributed by atoms with Crippen molar-refractivity contribution in [1.29, 1.82) is 0 Å². The Balaban J connectivity index is 1.37. The first-order valence-electron chi connectivity index (χ1n) is 10.9. The molecule has 12 nitrogen and oxygen atoms in total. The Morgan fingerprint density at radius 1 is 1.26 bits per heavy atom. The van der Waals surface area contributed by atoms with Gasteiger partial charge >= 0.3 is 24.7 Å². The summed E-state index contributed by atoms with van der Waals surface area (Å²) in [5.74, 6) is -1.82. The standard InChI is InChI=1S/C21H14F5N9O3/c22-20(23)35-8-10(7-29-35)17-30-31-18(37-17)19(36)33-5-3-11-15(28-9-27-11)16(33)12-6-13-14(38-21(24,25)26)2-1-4-34(13)32-12/h1-2,4,6-9,16,20H,3,5H2,(H,27,28)/t16-/m0/s1. The van der Waals surface area contributed by atoms with Crippen molar-refractivity contribution in [3.8, 4) is 17.2 Å². The molecule has 5 aromatic rings. The lowest BCUT2D eigenvalue weighted by Crippen LogP contribution is -2.41. The summed E-state index contributed by atoms with van der Waals surface area (Å²) >= 11 is 0. The quantitative estimate of drug-likeness (QED) is 0.339. The highest BCUT2D eigenvalue weighted by Crippen LogP contribution is 2.36. The summed E-state index contributed by atoms with van der Waals surface area (Å²) in [6.45, 7) is -2.73. The van der Waals surface area contributed by atoms with Crippen LogP contribution in [0.4, 0.5) is 22.0 Å².